The third-order valence-electron chi connectivity index (χ3n) is 3.89. The van der Waals surface area contributed by atoms with Crippen LogP contribution in [0.4, 0.5) is 0 Å². The van der Waals surface area contributed by atoms with Gasteiger partial charge < -0.3 is 4.74 Å². The third kappa shape index (κ3) is 2.18. The number of hydrogen-bond acceptors (Lipinski definition) is 2. The van der Waals surface area contributed by atoms with Gasteiger partial charge in [-0.2, -0.15) is 0 Å². The van der Waals surface area contributed by atoms with Crippen LogP contribution in [0.25, 0.3) is 0 Å². The molecular weight excluding hydrogens is 198 g/mol. The van der Waals surface area contributed by atoms with Gasteiger partial charge in [0.2, 0.25) is 0 Å². The van der Waals surface area contributed by atoms with Crippen LogP contribution in [0.15, 0.2) is 12.2 Å². The third-order valence-corrected chi connectivity index (χ3v) is 3.89. The van der Waals surface area contributed by atoms with Gasteiger partial charge in [-0.05, 0) is 24.7 Å². The molecule has 2 fully saturated rings. The van der Waals surface area contributed by atoms with Crippen molar-refractivity contribution in [3.63, 3.8) is 0 Å². The van der Waals surface area contributed by atoms with Gasteiger partial charge in [0, 0.05) is 25.7 Å². The zero-order chi connectivity index (χ0) is 12.0. The lowest BCUT2D eigenvalue weighted by Gasteiger charge is -2.37. The van der Waals surface area contributed by atoms with Gasteiger partial charge in [0.1, 0.15) is 0 Å². The van der Waals surface area contributed by atoms with Gasteiger partial charge >= 0.3 is 0 Å². The molecule has 0 radical (unpaired) electrons. The molecule has 0 aromatic rings. The summed E-state index contributed by atoms with van der Waals surface area (Å²) >= 11 is 0. The van der Waals surface area contributed by atoms with E-state index in [4.69, 9.17) is 4.74 Å². The van der Waals surface area contributed by atoms with Gasteiger partial charge in [0.05, 0.1) is 6.10 Å². The minimum absolute atomic E-state index is 0.343. The van der Waals surface area contributed by atoms with E-state index in [0.717, 1.165) is 13.1 Å². The second-order valence-corrected chi connectivity index (χ2v) is 6.83. The standard InChI is InChI=1S/C14H25NO/c1-11-6-14(10-13(2,3)4)7-12(16-5)9-15(14)8-11/h12H,1,6-10H2,2-5H3/t12-,14?/m1/s1. The Kier molecular flexibility index (Phi) is 2.92. The quantitative estimate of drug-likeness (QED) is 0.667. The maximum atomic E-state index is 5.55. The van der Waals surface area contributed by atoms with Gasteiger partial charge in [-0.3, -0.25) is 4.90 Å². The molecule has 2 saturated heterocycles. The lowest BCUT2D eigenvalue weighted by Crippen LogP contribution is -2.41. The van der Waals surface area contributed by atoms with Crippen molar-refractivity contribution in [1.29, 1.82) is 0 Å². The average molecular weight is 223 g/mol. The molecular formula is C14H25NO. The molecule has 0 saturated carbocycles. The van der Waals surface area contributed by atoms with E-state index in [1.54, 1.807) is 0 Å². The van der Waals surface area contributed by atoms with Crippen LogP contribution in [0.1, 0.15) is 40.0 Å². The Morgan fingerprint density at radius 2 is 2.19 bits per heavy atom. The van der Waals surface area contributed by atoms with Crippen molar-refractivity contribution in [2.75, 3.05) is 20.2 Å². The van der Waals surface area contributed by atoms with E-state index in [2.05, 4.69) is 32.3 Å². The van der Waals surface area contributed by atoms with Gasteiger partial charge in [-0.15, -0.1) is 0 Å². The van der Waals surface area contributed by atoms with Crippen molar-refractivity contribution in [3.8, 4) is 0 Å². The summed E-state index contributed by atoms with van der Waals surface area (Å²) in [4.78, 5) is 2.61. The van der Waals surface area contributed by atoms with Crippen LogP contribution in [0, 0.1) is 5.41 Å². The lowest BCUT2D eigenvalue weighted by molar-refractivity contribution is 0.107. The Bertz CT molecular complexity index is 292. The van der Waals surface area contributed by atoms with Crippen molar-refractivity contribution >= 4 is 0 Å². The van der Waals surface area contributed by atoms with Gasteiger partial charge in [0.25, 0.3) is 0 Å². The molecule has 0 aromatic heterocycles. The van der Waals surface area contributed by atoms with Crippen molar-refractivity contribution in [2.45, 2.75) is 51.7 Å². The van der Waals surface area contributed by atoms with Crippen molar-refractivity contribution < 1.29 is 4.74 Å². The summed E-state index contributed by atoms with van der Waals surface area (Å²) < 4.78 is 5.55. The van der Waals surface area contributed by atoms with E-state index < -0.39 is 0 Å². The first-order valence-corrected chi connectivity index (χ1v) is 6.29. The van der Waals surface area contributed by atoms with Gasteiger partial charge in [-0.1, -0.05) is 32.9 Å². The highest BCUT2D eigenvalue weighted by Crippen LogP contribution is 2.47. The monoisotopic (exact) mass is 223 g/mol. The predicted molar refractivity (Wildman–Crippen MR) is 67.5 cm³/mol. The first-order valence-electron chi connectivity index (χ1n) is 6.29. The molecule has 0 aromatic carbocycles. The minimum atomic E-state index is 0.343. The van der Waals surface area contributed by atoms with Crippen LogP contribution in [0.3, 0.4) is 0 Å². The highest BCUT2D eigenvalue weighted by Gasteiger charge is 2.50. The Labute approximate surface area is 99.7 Å². The first-order chi connectivity index (χ1) is 7.35. The summed E-state index contributed by atoms with van der Waals surface area (Å²) in [5.41, 5.74) is 2.13. The van der Waals surface area contributed by atoms with Gasteiger partial charge in [0.15, 0.2) is 0 Å². The molecule has 92 valence electrons. The zero-order valence-corrected chi connectivity index (χ0v) is 11.2. The normalized spacial score (nSPS) is 35.8. The highest BCUT2D eigenvalue weighted by molar-refractivity contribution is 5.19. The average Bonchev–Trinajstić information content (AvgIpc) is 2.52. The van der Waals surface area contributed by atoms with E-state index in [1.807, 2.05) is 7.11 Å². The molecule has 2 heterocycles. The molecule has 0 aliphatic carbocycles. The molecule has 0 amide bonds. The Balaban J connectivity index is 2.17. The van der Waals surface area contributed by atoms with E-state index in [9.17, 15) is 0 Å². The van der Waals surface area contributed by atoms with Crippen LogP contribution in [-0.2, 0) is 4.74 Å². The van der Waals surface area contributed by atoms with Crippen LogP contribution < -0.4 is 0 Å². The Hall–Kier alpha value is -0.340. The second kappa shape index (κ2) is 3.85. The molecule has 0 N–H and O–H groups in total. The number of nitrogens with zero attached hydrogens (tertiary/aromatic N) is 1. The summed E-state index contributed by atoms with van der Waals surface area (Å²) in [7, 11) is 1.84. The smallest absolute Gasteiger partial charge is 0.0716 e. The summed E-state index contributed by atoms with van der Waals surface area (Å²) in [6.45, 7) is 13.4. The van der Waals surface area contributed by atoms with Crippen LogP contribution in [-0.4, -0.2) is 36.7 Å². The number of ether oxygens (including phenoxy) is 1. The molecule has 2 nitrogen and oxygen atoms in total. The second-order valence-electron chi connectivity index (χ2n) is 6.83. The van der Waals surface area contributed by atoms with E-state index in [-0.39, 0.29) is 0 Å². The van der Waals surface area contributed by atoms with Crippen LogP contribution >= 0.6 is 0 Å². The van der Waals surface area contributed by atoms with Gasteiger partial charge in [-0.25, -0.2) is 0 Å². The fourth-order valence-electron chi connectivity index (χ4n) is 3.66. The number of methoxy groups -OCH3 is 1. The maximum Gasteiger partial charge on any atom is 0.0716 e. The largest absolute Gasteiger partial charge is 0.380 e. The number of hydrogen-bond donors (Lipinski definition) is 0. The fourth-order valence-corrected chi connectivity index (χ4v) is 3.66. The summed E-state index contributed by atoms with van der Waals surface area (Å²) in [5.74, 6) is 0. The minimum Gasteiger partial charge on any atom is -0.380 e. The van der Waals surface area contributed by atoms with E-state index in [1.165, 1.54) is 24.8 Å². The first kappa shape index (κ1) is 12.1. The molecule has 0 bridgehead atoms. The topological polar surface area (TPSA) is 12.5 Å². The molecule has 2 aliphatic rings. The zero-order valence-electron chi connectivity index (χ0n) is 11.2. The van der Waals surface area contributed by atoms with Crippen LogP contribution in [0.2, 0.25) is 0 Å². The molecule has 2 aliphatic heterocycles. The molecule has 2 atom stereocenters. The molecule has 0 spiro atoms. The Morgan fingerprint density at radius 3 is 2.75 bits per heavy atom. The summed E-state index contributed by atoms with van der Waals surface area (Å²) in [5, 5.41) is 0. The molecule has 1 unspecified atom stereocenters. The number of rotatable bonds is 2. The van der Waals surface area contributed by atoms with E-state index >= 15 is 0 Å². The number of fused-ring (bicyclic) bond motifs is 1. The van der Waals surface area contributed by atoms with Crippen molar-refractivity contribution in [1.82, 2.24) is 4.90 Å². The maximum absolute atomic E-state index is 5.55. The van der Waals surface area contributed by atoms with E-state index in [0.29, 0.717) is 17.1 Å². The van der Waals surface area contributed by atoms with Crippen molar-refractivity contribution in [3.05, 3.63) is 12.2 Å². The molecule has 2 heteroatoms. The van der Waals surface area contributed by atoms with Crippen molar-refractivity contribution in [2.24, 2.45) is 5.41 Å². The molecule has 2 rings (SSSR count). The highest BCUT2D eigenvalue weighted by atomic mass is 16.5. The molecule has 16 heavy (non-hydrogen) atoms. The lowest BCUT2D eigenvalue weighted by atomic mass is 9.77. The SMILES string of the molecule is C=C1CN2C[C@H](OC)CC2(CC(C)(C)C)C1. The predicted octanol–water partition coefficient (Wildman–Crippen LogP) is 2.84. The van der Waals surface area contributed by atoms with Crippen LogP contribution in [0.5, 0.6) is 0 Å². The fraction of sp³-hybridized carbons (Fsp3) is 0.857. The summed E-state index contributed by atoms with van der Waals surface area (Å²) in [6.07, 6.45) is 4.03. The Morgan fingerprint density at radius 1 is 1.50 bits per heavy atom. The summed E-state index contributed by atoms with van der Waals surface area (Å²) in [6, 6.07) is 0.